The van der Waals surface area contributed by atoms with Crippen LogP contribution in [0, 0.1) is 11.3 Å². The van der Waals surface area contributed by atoms with E-state index < -0.39 is 6.04 Å². The first kappa shape index (κ1) is 28.3. The number of likely N-dealkylation sites (tertiary alicyclic amines) is 1. The van der Waals surface area contributed by atoms with Gasteiger partial charge < -0.3 is 26.1 Å². The molecular formula is C25H49N5O2S. The topological polar surface area (TPSA) is 111 Å². The highest BCUT2D eigenvalue weighted by Crippen LogP contribution is 2.35. The first-order chi connectivity index (χ1) is 15.6. The monoisotopic (exact) mass is 483 g/mol. The average molecular weight is 484 g/mol. The van der Waals surface area contributed by atoms with Crippen LogP contribution in [0.25, 0.3) is 0 Å². The molecule has 4 atom stereocenters. The van der Waals surface area contributed by atoms with Crippen molar-refractivity contribution < 1.29 is 9.53 Å². The molecule has 0 bridgehead atoms. The molecule has 1 saturated heterocycles. The Morgan fingerprint density at radius 1 is 1.18 bits per heavy atom. The molecule has 0 spiro atoms. The van der Waals surface area contributed by atoms with E-state index in [4.69, 9.17) is 22.0 Å². The number of methoxy groups -OCH3 is 1. The Hall–Kier alpha value is -0.960. The molecule has 0 aromatic heterocycles. The van der Waals surface area contributed by atoms with Gasteiger partial charge in [0.25, 0.3) is 0 Å². The summed E-state index contributed by atoms with van der Waals surface area (Å²) >= 11 is 2.04. The standard InChI is InChI=1S/C17H32N4O2.C8H17NS/c1-17(2,3)15(21(19)10-14(18)12-7-8-12)16(22)20-9-5-6-13(20)11-23-4;1-2-10-8-6-4-3-5-7(8)9/h10,12-13,15H,5-9,11,18-19H2,1-4H3;7-8H,2-6,9H2,1H3/b14-10-;. The minimum absolute atomic E-state index is 0.0689. The number of carbonyl (C=O) groups is 1. The van der Waals surface area contributed by atoms with Gasteiger partial charge in [-0.2, -0.15) is 11.8 Å². The summed E-state index contributed by atoms with van der Waals surface area (Å²) in [6, 6.07) is 0.200. The van der Waals surface area contributed by atoms with E-state index in [2.05, 4.69) is 6.92 Å². The van der Waals surface area contributed by atoms with E-state index in [-0.39, 0.29) is 17.4 Å². The van der Waals surface area contributed by atoms with Crippen molar-refractivity contribution in [3.63, 3.8) is 0 Å². The van der Waals surface area contributed by atoms with Crippen molar-refractivity contribution in [2.75, 3.05) is 26.0 Å². The zero-order valence-electron chi connectivity index (χ0n) is 21.6. The number of allylic oxidation sites excluding steroid dienone is 1. The van der Waals surface area contributed by atoms with Crippen LogP contribution in [-0.4, -0.2) is 65.2 Å². The molecule has 0 aromatic carbocycles. The van der Waals surface area contributed by atoms with E-state index in [0.29, 0.717) is 18.6 Å². The second kappa shape index (κ2) is 13.2. The van der Waals surface area contributed by atoms with E-state index in [9.17, 15) is 4.79 Å². The summed E-state index contributed by atoms with van der Waals surface area (Å²) < 4.78 is 5.27. The van der Waals surface area contributed by atoms with Gasteiger partial charge in [-0.3, -0.25) is 4.79 Å². The molecule has 192 valence electrons. The minimum atomic E-state index is -0.433. The lowest BCUT2D eigenvalue weighted by Crippen LogP contribution is -2.57. The Bertz CT molecular complexity index is 633. The third-order valence-corrected chi connectivity index (χ3v) is 8.20. The number of hydrazine groups is 1. The van der Waals surface area contributed by atoms with Crippen LogP contribution in [0.5, 0.6) is 0 Å². The number of ether oxygens (including phenoxy) is 1. The molecule has 1 aliphatic heterocycles. The number of thioether (sulfide) groups is 1. The van der Waals surface area contributed by atoms with Gasteiger partial charge >= 0.3 is 0 Å². The smallest absolute Gasteiger partial charge is 0.247 e. The molecule has 3 rings (SSSR count). The molecule has 8 heteroatoms. The highest BCUT2D eigenvalue weighted by atomic mass is 32.2. The highest BCUT2D eigenvalue weighted by Gasteiger charge is 2.41. The van der Waals surface area contributed by atoms with Gasteiger partial charge in [0.1, 0.15) is 6.04 Å². The molecule has 2 saturated carbocycles. The van der Waals surface area contributed by atoms with Crippen LogP contribution in [0.2, 0.25) is 0 Å². The predicted molar refractivity (Wildman–Crippen MR) is 139 cm³/mol. The Balaban J connectivity index is 0.000000321. The molecule has 1 amide bonds. The van der Waals surface area contributed by atoms with Crippen LogP contribution in [-0.2, 0) is 9.53 Å². The zero-order chi connectivity index (χ0) is 24.6. The van der Waals surface area contributed by atoms with Gasteiger partial charge in [-0.05, 0) is 49.7 Å². The molecule has 0 aromatic rings. The van der Waals surface area contributed by atoms with Gasteiger partial charge in [-0.1, -0.05) is 40.5 Å². The molecule has 7 nitrogen and oxygen atoms in total. The number of nitrogens with zero attached hydrogens (tertiary/aromatic N) is 2. The fraction of sp³-hybridized carbons (Fsp3) is 0.880. The lowest BCUT2D eigenvalue weighted by molar-refractivity contribution is -0.141. The minimum Gasteiger partial charge on any atom is -0.401 e. The molecule has 4 unspecified atom stereocenters. The average Bonchev–Trinajstić information content (AvgIpc) is 3.49. The van der Waals surface area contributed by atoms with Gasteiger partial charge in [0.15, 0.2) is 0 Å². The van der Waals surface area contributed by atoms with Crippen molar-refractivity contribution in [2.45, 2.75) is 102 Å². The summed E-state index contributed by atoms with van der Waals surface area (Å²) in [7, 11) is 1.68. The number of nitrogens with two attached hydrogens (primary N) is 3. The van der Waals surface area contributed by atoms with E-state index in [1.165, 1.54) is 36.4 Å². The first-order valence-electron chi connectivity index (χ1n) is 12.8. The molecule has 33 heavy (non-hydrogen) atoms. The van der Waals surface area contributed by atoms with Gasteiger partial charge in [0.05, 0.1) is 12.6 Å². The fourth-order valence-electron chi connectivity index (χ4n) is 4.91. The van der Waals surface area contributed by atoms with Crippen molar-refractivity contribution in [1.29, 1.82) is 0 Å². The summed E-state index contributed by atoms with van der Waals surface area (Å²) in [5, 5.41) is 2.29. The summed E-state index contributed by atoms with van der Waals surface area (Å²) in [6.07, 6.45) is 11.3. The summed E-state index contributed by atoms with van der Waals surface area (Å²) in [5.41, 5.74) is 12.5. The summed E-state index contributed by atoms with van der Waals surface area (Å²) in [4.78, 5) is 15.1. The van der Waals surface area contributed by atoms with Crippen molar-refractivity contribution in [3.8, 4) is 0 Å². The molecule has 2 aliphatic carbocycles. The number of rotatable bonds is 8. The number of carbonyl (C=O) groups excluding carboxylic acids is 1. The third kappa shape index (κ3) is 8.64. The molecule has 0 radical (unpaired) electrons. The second-order valence-electron chi connectivity index (χ2n) is 10.8. The summed E-state index contributed by atoms with van der Waals surface area (Å²) in [6.45, 7) is 9.68. The van der Waals surface area contributed by atoms with Crippen molar-refractivity contribution in [1.82, 2.24) is 9.91 Å². The zero-order valence-corrected chi connectivity index (χ0v) is 22.4. The maximum atomic E-state index is 13.2. The number of amides is 1. The van der Waals surface area contributed by atoms with Gasteiger partial charge in [-0.15, -0.1) is 0 Å². The van der Waals surface area contributed by atoms with E-state index in [1.54, 1.807) is 13.3 Å². The van der Waals surface area contributed by atoms with Crippen LogP contribution < -0.4 is 17.3 Å². The third-order valence-electron chi connectivity index (χ3n) is 6.85. The van der Waals surface area contributed by atoms with E-state index >= 15 is 0 Å². The maximum Gasteiger partial charge on any atom is 0.247 e. The highest BCUT2D eigenvalue weighted by molar-refractivity contribution is 7.99. The van der Waals surface area contributed by atoms with Crippen LogP contribution in [0.3, 0.4) is 0 Å². The molecule has 6 N–H and O–H groups in total. The van der Waals surface area contributed by atoms with E-state index in [1.807, 2.05) is 37.4 Å². The predicted octanol–water partition coefficient (Wildman–Crippen LogP) is 3.43. The molecule has 1 heterocycles. The van der Waals surface area contributed by atoms with Crippen LogP contribution in [0.1, 0.15) is 79.1 Å². The van der Waals surface area contributed by atoms with Gasteiger partial charge in [0.2, 0.25) is 5.91 Å². The first-order valence-corrected chi connectivity index (χ1v) is 13.8. The SMILES string of the molecule is CCSC1CCCCC1N.COCC1CCCN1C(=O)C(N(N)/C=C(\N)C1CC1)C(C)(C)C. The van der Waals surface area contributed by atoms with Crippen LogP contribution in [0.4, 0.5) is 0 Å². The van der Waals surface area contributed by atoms with Gasteiger partial charge in [-0.25, -0.2) is 5.84 Å². The molecular weight excluding hydrogens is 434 g/mol. The van der Waals surface area contributed by atoms with E-state index in [0.717, 1.165) is 43.2 Å². The summed E-state index contributed by atoms with van der Waals surface area (Å²) in [5.74, 6) is 7.98. The van der Waals surface area contributed by atoms with Crippen molar-refractivity contribution in [2.24, 2.45) is 28.6 Å². The number of hydrogen-bond acceptors (Lipinski definition) is 7. The second-order valence-corrected chi connectivity index (χ2v) is 12.4. The van der Waals surface area contributed by atoms with Crippen LogP contribution in [0.15, 0.2) is 11.9 Å². The van der Waals surface area contributed by atoms with Crippen molar-refractivity contribution in [3.05, 3.63) is 11.9 Å². The Morgan fingerprint density at radius 2 is 1.85 bits per heavy atom. The number of hydrogen-bond donors (Lipinski definition) is 3. The Kier molecular flexibility index (Phi) is 11.3. The van der Waals surface area contributed by atoms with Gasteiger partial charge in [0, 0.05) is 42.8 Å². The van der Waals surface area contributed by atoms with Crippen molar-refractivity contribution >= 4 is 17.7 Å². The normalized spacial score (nSPS) is 27.1. The fourth-order valence-corrected chi connectivity index (χ4v) is 6.05. The largest absolute Gasteiger partial charge is 0.401 e. The van der Waals surface area contributed by atoms with Crippen LogP contribution >= 0.6 is 11.8 Å². The lowest BCUT2D eigenvalue weighted by atomic mass is 9.85. The quantitative estimate of drug-likeness (QED) is 0.358. The molecule has 3 aliphatic rings. The maximum absolute atomic E-state index is 13.2. The lowest BCUT2D eigenvalue weighted by Gasteiger charge is -2.39. The Morgan fingerprint density at radius 3 is 2.39 bits per heavy atom. The Labute approximate surface area is 206 Å². The molecule has 3 fully saturated rings.